The topological polar surface area (TPSA) is 88.0 Å². The van der Waals surface area contributed by atoms with Crippen LogP contribution in [0.25, 0.3) is 0 Å². The number of aliphatic hydroxyl groups is 1. The zero-order valence-corrected chi connectivity index (χ0v) is 17.1. The van der Waals surface area contributed by atoms with Gasteiger partial charge in [-0.3, -0.25) is 0 Å². The molecule has 2 aromatic carbocycles. The lowest BCUT2D eigenvalue weighted by atomic mass is 9.96. The van der Waals surface area contributed by atoms with E-state index < -0.39 is 26.9 Å². The summed E-state index contributed by atoms with van der Waals surface area (Å²) in [5.41, 5.74) is 1.58. The minimum atomic E-state index is -3.76. The van der Waals surface area contributed by atoms with Gasteiger partial charge in [0.25, 0.3) is 6.02 Å². The van der Waals surface area contributed by atoms with E-state index in [1.807, 2.05) is 61.5 Å². The molecule has 0 radical (unpaired) electrons. The number of aliphatic imine (C=N–C) groups is 1. The van der Waals surface area contributed by atoms with Crippen molar-refractivity contribution in [2.24, 2.45) is 4.99 Å². The number of ether oxygens (including phenoxy) is 1. The summed E-state index contributed by atoms with van der Waals surface area (Å²) in [6, 6.07) is 16.4. The van der Waals surface area contributed by atoms with E-state index in [4.69, 9.17) is 4.74 Å². The largest absolute Gasteiger partial charge is 0.457 e. The van der Waals surface area contributed by atoms with Crippen molar-refractivity contribution < 1.29 is 18.3 Å². The number of rotatable bonds is 5. The Labute approximate surface area is 166 Å². The Balaban J connectivity index is 1.95. The van der Waals surface area contributed by atoms with E-state index >= 15 is 0 Å². The fraction of sp³-hybridized carbons (Fsp3) is 0.381. The van der Waals surface area contributed by atoms with Crippen molar-refractivity contribution in [2.75, 3.05) is 6.61 Å². The van der Waals surface area contributed by atoms with Gasteiger partial charge in [0.05, 0.1) is 6.04 Å². The van der Waals surface area contributed by atoms with E-state index in [2.05, 4.69) is 9.71 Å². The first-order chi connectivity index (χ1) is 13.2. The molecule has 0 aliphatic carbocycles. The van der Waals surface area contributed by atoms with Gasteiger partial charge in [-0.25, -0.2) is 18.1 Å². The Morgan fingerprint density at radius 2 is 1.79 bits per heavy atom. The maximum atomic E-state index is 13.0. The Morgan fingerprint density at radius 1 is 1.14 bits per heavy atom. The molecular weight excluding hydrogens is 376 g/mol. The molecule has 1 fully saturated rings. The zero-order chi connectivity index (χ0) is 20.4. The summed E-state index contributed by atoms with van der Waals surface area (Å²) in [6.07, 6.45) is 0.362. The van der Waals surface area contributed by atoms with Gasteiger partial charge in [-0.05, 0) is 38.3 Å². The van der Waals surface area contributed by atoms with Gasteiger partial charge in [0.15, 0.2) is 0 Å². The van der Waals surface area contributed by atoms with Gasteiger partial charge < -0.3 is 9.84 Å². The van der Waals surface area contributed by atoms with Crippen LogP contribution in [0.5, 0.6) is 0 Å². The van der Waals surface area contributed by atoms with Crippen LogP contribution in [0, 0.1) is 6.92 Å². The predicted octanol–water partition coefficient (Wildman–Crippen LogP) is 3.24. The van der Waals surface area contributed by atoms with E-state index in [1.165, 1.54) is 0 Å². The number of nitrogens with one attached hydrogen (secondary N) is 1. The number of hydrogen-bond acceptors (Lipinski definition) is 5. The highest BCUT2D eigenvalue weighted by Crippen LogP contribution is 2.39. The lowest BCUT2D eigenvalue weighted by molar-refractivity contribution is 0.0759. The molecule has 150 valence electrons. The Morgan fingerprint density at radius 3 is 2.36 bits per heavy atom. The lowest BCUT2D eigenvalue weighted by Crippen LogP contribution is -2.53. The van der Waals surface area contributed by atoms with Crippen LogP contribution in [-0.2, 0) is 14.8 Å². The second kappa shape index (κ2) is 7.93. The predicted molar refractivity (Wildman–Crippen MR) is 109 cm³/mol. The van der Waals surface area contributed by atoms with Crippen LogP contribution < -0.4 is 4.72 Å². The van der Waals surface area contributed by atoms with Gasteiger partial charge in [0.1, 0.15) is 10.9 Å². The third kappa shape index (κ3) is 4.36. The van der Waals surface area contributed by atoms with E-state index in [0.29, 0.717) is 12.0 Å². The molecule has 1 aliphatic heterocycles. The highest BCUT2D eigenvalue weighted by atomic mass is 32.2. The number of hydrogen-bond donors (Lipinski definition) is 2. The molecule has 0 saturated carbocycles. The van der Waals surface area contributed by atoms with Gasteiger partial charge in [0, 0.05) is 6.61 Å². The van der Waals surface area contributed by atoms with Gasteiger partial charge in [-0.2, -0.15) is 0 Å². The highest BCUT2D eigenvalue weighted by molar-refractivity contribution is 7.90. The molecule has 0 bridgehead atoms. The summed E-state index contributed by atoms with van der Waals surface area (Å²) in [6.45, 7) is 5.37. The lowest BCUT2D eigenvalue weighted by Gasteiger charge is -2.39. The Kier molecular flexibility index (Phi) is 5.76. The number of aliphatic hydroxyl groups excluding tert-OH is 1. The van der Waals surface area contributed by atoms with E-state index in [0.717, 1.165) is 11.1 Å². The number of amidine groups is 1. The molecule has 3 rings (SSSR count). The summed E-state index contributed by atoms with van der Waals surface area (Å²) >= 11 is 0. The third-order valence-corrected chi connectivity index (χ3v) is 6.69. The van der Waals surface area contributed by atoms with Crippen molar-refractivity contribution >= 4 is 16.0 Å². The quantitative estimate of drug-likeness (QED) is 0.804. The first kappa shape index (κ1) is 20.4. The molecule has 28 heavy (non-hydrogen) atoms. The average molecular weight is 403 g/mol. The summed E-state index contributed by atoms with van der Waals surface area (Å²) in [5, 5.41) is 8.53. The van der Waals surface area contributed by atoms with Crippen LogP contribution >= 0.6 is 0 Å². The van der Waals surface area contributed by atoms with Crippen LogP contribution in [0.4, 0.5) is 0 Å². The monoisotopic (exact) mass is 402 g/mol. The van der Waals surface area contributed by atoms with E-state index in [9.17, 15) is 13.5 Å². The fourth-order valence-electron chi connectivity index (χ4n) is 3.50. The van der Waals surface area contributed by atoms with Crippen molar-refractivity contribution in [3.05, 3.63) is 71.3 Å². The van der Waals surface area contributed by atoms with Crippen LogP contribution in [0.2, 0.25) is 0 Å². The van der Waals surface area contributed by atoms with Crippen LogP contribution in [0.15, 0.2) is 59.6 Å². The van der Waals surface area contributed by atoms with Crippen molar-refractivity contribution in [1.82, 2.24) is 4.72 Å². The summed E-state index contributed by atoms with van der Waals surface area (Å²) in [7, 11) is -3.76. The summed E-state index contributed by atoms with van der Waals surface area (Å²) in [4.78, 5) is 4.47. The third-order valence-electron chi connectivity index (χ3n) is 4.77. The van der Waals surface area contributed by atoms with Crippen molar-refractivity contribution in [3.8, 4) is 0 Å². The van der Waals surface area contributed by atoms with Crippen LogP contribution in [-0.4, -0.2) is 31.8 Å². The first-order valence-corrected chi connectivity index (χ1v) is 10.8. The molecule has 2 aromatic rings. The number of nitrogens with zero attached hydrogens (tertiary/aromatic N) is 1. The average Bonchev–Trinajstić information content (AvgIpc) is 2.62. The number of sulfonamides is 1. The zero-order valence-electron chi connectivity index (χ0n) is 16.3. The minimum absolute atomic E-state index is 0.0457. The maximum Gasteiger partial charge on any atom is 0.299 e. The van der Waals surface area contributed by atoms with Gasteiger partial charge in [-0.15, -0.1) is 0 Å². The second-order valence-corrected chi connectivity index (χ2v) is 9.28. The molecule has 6 nitrogen and oxygen atoms in total. The van der Waals surface area contributed by atoms with Gasteiger partial charge in [0.2, 0.25) is 10.0 Å². The number of benzene rings is 2. The van der Waals surface area contributed by atoms with Crippen LogP contribution in [0.3, 0.4) is 0 Å². The number of aryl methyl sites for hydroxylation is 1. The Hall–Kier alpha value is -2.38. The van der Waals surface area contributed by atoms with Gasteiger partial charge in [-0.1, -0.05) is 60.2 Å². The molecular formula is C21H26N2O4S. The molecule has 2 N–H and O–H groups in total. The molecule has 1 aliphatic rings. The van der Waals surface area contributed by atoms with E-state index in [1.54, 1.807) is 13.8 Å². The molecule has 0 spiro atoms. The van der Waals surface area contributed by atoms with Gasteiger partial charge >= 0.3 is 0 Å². The molecule has 2 atom stereocenters. The fourth-order valence-corrected chi connectivity index (χ4v) is 5.26. The standard InChI is InChI=1S/C21H26N2O4S/c1-15-9-11-17(12-10-15)19-21(2,3)27-20(23-28(19,25)26)22-18(13-14-24)16-7-5-4-6-8-16/h4-12,18-19,24H,13-14H2,1-3H3,(H,22,23)/t18-,19?/m0/s1. The molecule has 1 heterocycles. The molecule has 0 amide bonds. The first-order valence-electron chi connectivity index (χ1n) is 9.24. The minimum Gasteiger partial charge on any atom is -0.457 e. The molecule has 0 aromatic heterocycles. The summed E-state index contributed by atoms with van der Waals surface area (Å²) < 4.78 is 34.6. The smallest absolute Gasteiger partial charge is 0.299 e. The highest BCUT2D eigenvalue weighted by Gasteiger charge is 2.48. The molecule has 1 unspecified atom stereocenters. The second-order valence-electron chi connectivity index (χ2n) is 7.52. The maximum absolute atomic E-state index is 13.0. The SMILES string of the molecule is Cc1ccc(C2C(C)(C)OC(=N[C@@H](CCO)c3ccccc3)NS2(=O)=O)cc1. The normalized spacial score (nSPS) is 22.9. The Bertz CT molecular complexity index is 938. The summed E-state index contributed by atoms with van der Waals surface area (Å²) in [5.74, 6) is 0. The van der Waals surface area contributed by atoms with Crippen molar-refractivity contribution in [2.45, 2.75) is 44.1 Å². The van der Waals surface area contributed by atoms with Crippen molar-refractivity contribution in [3.63, 3.8) is 0 Å². The van der Waals surface area contributed by atoms with E-state index in [-0.39, 0.29) is 12.6 Å². The molecule has 1 saturated heterocycles. The van der Waals surface area contributed by atoms with Crippen LogP contribution in [0.1, 0.15) is 48.3 Å². The van der Waals surface area contributed by atoms with Crippen molar-refractivity contribution in [1.29, 1.82) is 0 Å². The molecule has 7 heteroatoms.